The topological polar surface area (TPSA) is 3.24 Å². The zero-order valence-corrected chi connectivity index (χ0v) is 17.5. The van der Waals surface area contributed by atoms with Crippen LogP contribution in [0.15, 0.2) is 49.6 Å². The van der Waals surface area contributed by atoms with E-state index >= 15 is 0 Å². The summed E-state index contributed by atoms with van der Waals surface area (Å²) in [5.41, 5.74) is 6.39. The molecule has 0 amide bonds. The molecule has 0 N–H and O–H groups in total. The van der Waals surface area contributed by atoms with Crippen LogP contribution >= 0.6 is 0 Å². The molecule has 1 nitrogen and oxygen atoms in total. The van der Waals surface area contributed by atoms with Crippen molar-refractivity contribution in [3.8, 4) is 0 Å². The summed E-state index contributed by atoms with van der Waals surface area (Å²) in [6, 6.07) is 7.89. The summed E-state index contributed by atoms with van der Waals surface area (Å²) >= 11 is 0. The van der Waals surface area contributed by atoms with Crippen LogP contribution in [0.5, 0.6) is 0 Å². The van der Waals surface area contributed by atoms with Crippen molar-refractivity contribution in [1.82, 2.24) is 4.90 Å². The third-order valence-corrected chi connectivity index (χ3v) is 4.61. The van der Waals surface area contributed by atoms with Gasteiger partial charge in [0.15, 0.2) is 0 Å². The van der Waals surface area contributed by atoms with Crippen LogP contribution in [0.4, 0.5) is 0 Å². The second-order valence-electron chi connectivity index (χ2n) is 6.94. The molecule has 2 aliphatic heterocycles. The second-order valence-corrected chi connectivity index (χ2v) is 6.94. The van der Waals surface area contributed by atoms with Crippen LogP contribution in [0.3, 0.4) is 0 Å². The fourth-order valence-corrected chi connectivity index (χ4v) is 3.51. The lowest BCUT2D eigenvalue weighted by atomic mass is 9.78. The standard InChI is InChI=1S/C20H23N.C3H8.C2H6/c1-5-15-7-8-17(9-16(15)6-2)18-10-19-12-20(11-18)21(19)13-14(3)4;1-3-2;1-2/h5-10,19-20H,1-3,11-13H2,4H3;3H2,1-2H3;1-2H3. The molecule has 142 valence electrons. The molecule has 0 radical (unpaired) electrons. The maximum Gasteiger partial charge on any atom is 0.0305 e. The summed E-state index contributed by atoms with van der Waals surface area (Å²) in [4.78, 5) is 2.57. The van der Waals surface area contributed by atoms with Gasteiger partial charge in [0.1, 0.15) is 0 Å². The Morgan fingerprint density at radius 1 is 1.15 bits per heavy atom. The van der Waals surface area contributed by atoms with Gasteiger partial charge in [-0.2, -0.15) is 0 Å². The molecule has 2 atom stereocenters. The SMILES string of the molecule is C=Cc1ccc(C2=CC3CC(C2)N3CC(=C)C)cc1C=C.CC.CCC. The lowest BCUT2D eigenvalue weighted by molar-refractivity contribution is 0.0494. The van der Waals surface area contributed by atoms with E-state index in [1.807, 2.05) is 26.0 Å². The van der Waals surface area contributed by atoms with Crippen molar-refractivity contribution < 1.29 is 0 Å². The lowest BCUT2D eigenvalue weighted by Crippen LogP contribution is -2.57. The highest BCUT2D eigenvalue weighted by Gasteiger charge is 2.40. The molecule has 1 aromatic carbocycles. The maximum absolute atomic E-state index is 4.04. The number of rotatable bonds is 5. The Hall–Kier alpha value is -1.86. The van der Waals surface area contributed by atoms with Gasteiger partial charge in [-0.3, -0.25) is 4.90 Å². The highest BCUT2D eigenvalue weighted by molar-refractivity contribution is 5.74. The molecule has 2 bridgehead atoms. The van der Waals surface area contributed by atoms with Gasteiger partial charge in [0.05, 0.1) is 0 Å². The van der Waals surface area contributed by atoms with E-state index in [0.29, 0.717) is 12.1 Å². The number of hydrogen-bond donors (Lipinski definition) is 0. The number of nitrogens with zero attached hydrogens (tertiary/aromatic N) is 1. The first-order chi connectivity index (χ1) is 12.5. The quantitative estimate of drug-likeness (QED) is 0.506. The van der Waals surface area contributed by atoms with Crippen LogP contribution in [0, 0.1) is 0 Å². The van der Waals surface area contributed by atoms with Crippen molar-refractivity contribution in [2.45, 2.75) is 66.0 Å². The smallest absolute Gasteiger partial charge is 0.0305 e. The van der Waals surface area contributed by atoms with E-state index in [2.05, 4.69) is 69.7 Å². The lowest BCUT2D eigenvalue weighted by Gasteiger charge is -2.52. The van der Waals surface area contributed by atoms with Crippen molar-refractivity contribution in [3.63, 3.8) is 0 Å². The second kappa shape index (κ2) is 11.0. The van der Waals surface area contributed by atoms with Gasteiger partial charge in [0.25, 0.3) is 0 Å². The molecule has 0 saturated carbocycles. The molecule has 1 saturated heterocycles. The third-order valence-electron chi connectivity index (χ3n) is 4.61. The van der Waals surface area contributed by atoms with Crippen molar-refractivity contribution >= 4 is 17.7 Å². The van der Waals surface area contributed by atoms with Gasteiger partial charge in [0.2, 0.25) is 0 Å². The average Bonchev–Trinajstić information content (AvgIpc) is 2.67. The minimum absolute atomic E-state index is 0.599. The van der Waals surface area contributed by atoms with Crippen LogP contribution in [-0.4, -0.2) is 23.5 Å². The first-order valence-electron chi connectivity index (χ1n) is 10.0. The van der Waals surface area contributed by atoms with Crippen LogP contribution in [0.1, 0.15) is 70.6 Å². The summed E-state index contributed by atoms with van der Waals surface area (Å²) < 4.78 is 0. The molecule has 4 rings (SSSR count). The molecule has 1 fully saturated rings. The predicted molar refractivity (Wildman–Crippen MR) is 120 cm³/mol. The summed E-state index contributed by atoms with van der Waals surface area (Å²) in [5, 5.41) is 0. The van der Waals surface area contributed by atoms with Crippen molar-refractivity contribution in [3.05, 3.63) is 66.3 Å². The van der Waals surface area contributed by atoms with E-state index in [0.717, 1.165) is 18.5 Å². The van der Waals surface area contributed by atoms with Crippen LogP contribution < -0.4 is 0 Å². The Morgan fingerprint density at radius 3 is 2.23 bits per heavy atom. The predicted octanol–water partition coefficient (Wildman–Crippen LogP) is 7.22. The summed E-state index contributed by atoms with van der Waals surface area (Å²) in [6.45, 7) is 23.2. The molecule has 0 aromatic heterocycles. The Balaban J connectivity index is 0.000000615. The van der Waals surface area contributed by atoms with Gasteiger partial charge in [-0.1, -0.05) is 89.8 Å². The molecule has 2 heterocycles. The molecule has 3 aliphatic rings. The Morgan fingerprint density at radius 2 is 1.77 bits per heavy atom. The van der Waals surface area contributed by atoms with E-state index < -0.39 is 0 Å². The van der Waals surface area contributed by atoms with Crippen LogP contribution in [0.2, 0.25) is 0 Å². The van der Waals surface area contributed by atoms with Gasteiger partial charge >= 0.3 is 0 Å². The monoisotopic (exact) mass is 351 g/mol. The normalized spacial score (nSPS) is 20.3. The van der Waals surface area contributed by atoms with Gasteiger partial charge < -0.3 is 0 Å². The van der Waals surface area contributed by atoms with E-state index in [1.165, 1.54) is 35.1 Å². The Labute approximate surface area is 161 Å². The molecular formula is C25H37N. The molecule has 1 aliphatic carbocycles. The minimum atomic E-state index is 0.599. The van der Waals surface area contributed by atoms with E-state index in [9.17, 15) is 0 Å². The van der Waals surface area contributed by atoms with Crippen LogP contribution in [0.25, 0.3) is 17.7 Å². The van der Waals surface area contributed by atoms with Crippen molar-refractivity contribution in [2.24, 2.45) is 0 Å². The largest absolute Gasteiger partial charge is 0.290 e. The third kappa shape index (κ3) is 5.32. The molecule has 0 spiro atoms. The van der Waals surface area contributed by atoms with Gasteiger partial charge in [-0.25, -0.2) is 0 Å². The summed E-state index contributed by atoms with van der Waals surface area (Å²) in [7, 11) is 0. The van der Waals surface area contributed by atoms with Gasteiger partial charge in [0, 0.05) is 18.6 Å². The molecule has 1 heteroatoms. The average molecular weight is 352 g/mol. The van der Waals surface area contributed by atoms with Crippen molar-refractivity contribution in [1.29, 1.82) is 0 Å². The fraction of sp³-hybridized carbons (Fsp3) is 0.440. The summed E-state index contributed by atoms with van der Waals surface area (Å²) in [5.74, 6) is 0. The zero-order valence-electron chi connectivity index (χ0n) is 17.5. The van der Waals surface area contributed by atoms with E-state index in [4.69, 9.17) is 0 Å². The maximum atomic E-state index is 4.04. The molecule has 2 unspecified atom stereocenters. The highest BCUT2D eigenvalue weighted by atomic mass is 15.2. The summed E-state index contributed by atoms with van der Waals surface area (Å²) in [6.07, 6.45) is 9.95. The molecular weight excluding hydrogens is 314 g/mol. The first kappa shape index (κ1) is 22.2. The fourth-order valence-electron chi connectivity index (χ4n) is 3.51. The molecule has 26 heavy (non-hydrogen) atoms. The highest BCUT2D eigenvalue weighted by Crippen LogP contribution is 2.41. The van der Waals surface area contributed by atoms with Gasteiger partial charge in [-0.05, 0) is 48.1 Å². The minimum Gasteiger partial charge on any atom is -0.290 e. The van der Waals surface area contributed by atoms with Crippen LogP contribution in [-0.2, 0) is 0 Å². The Kier molecular flexibility index (Phi) is 9.37. The van der Waals surface area contributed by atoms with E-state index in [-0.39, 0.29) is 0 Å². The number of benzene rings is 1. The van der Waals surface area contributed by atoms with Crippen molar-refractivity contribution in [2.75, 3.05) is 6.54 Å². The number of fused-ring (bicyclic) bond motifs is 1. The van der Waals surface area contributed by atoms with E-state index in [1.54, 1.807) is 0 Å². The van der Waals surface area contributed by atoms with Gasteiger partial charge in [-0.15, -0.1) is 0 Å². The first-order valence-corrected chi connectivity index (χ1v) is 10.0. The number of hydrogen-bond acceptors (Lipinski definition) is 1. The zero-order chi connectivity index (χ0) is 19.7. The molecule has 1 aromatic rings. The Bertz CT molecular complexity index is 650.